The highest BCUT2D eigenvalue weighted by Gasteiger charge is 2.41. The van der Waals surface area contributed by atoms with Crippen molar-refractivity contribution in [2.24, 2.45) is 11.1 Å². The molecule has 1 aromatic carbocycles. The maximum absolute atomic E-state index is 12.8. The summed E-state index contributed by atoms with van der Waals surface area (Å²) in [5.74, 6) is -0.851. The Kier molecular flexibility index (Phi) is 5.05. The molecular weight excluding hydrogens is 328 g/mol. The summed E-state index contributed by atoms with van der Waals surface area (Å²) in [4.78, 5) is 11.7. The number of alkyl halides is 6. The lowest BCUT2D eigenvalue weighted by Crippen LogP contribution is -2.37. The second-order valence-electron chi connectivity index (χ2n) is 5.53. The van der Waals surface area contributed by atoms with Crippen LogP contribution >= 0.6 is 0 Å². The number of hydrogen-bond acceptors (Lipinski definition) is 3. The van der Waals surface area contributed by atoms with E-state index in [0.29, 0.717) is 12.1 Å². The highest BCUT2D eigenvalue weighted by atomic mass is 19.4. The van der Waals surface area contributed by atoms with Crippen molar-refractivity contribution in [2.45, 2.75) is 32.2 Å². The summed E-state index contributed by atoms with van der Waals surface area (Å²) < 4.78 is 81.4. The molecule has 0 aliphatic carbocycles. The predicted molar refractivity (Wildman–Crippen MR) is 69.2 cm³/mol. The molecule has 0 spiro atoms. The van der Waals surface area contributed by atoms with Crippen molar-refractivity contribution in [3.63, 3.8) is 0 Å². The van der Waals surface area contributed by atoms with Crippen molar-refractivity contribution in [1.82, 2.24) is 0 Å². The van der Waals surface area contributed by atoms with Crippen molar-refractivity contribution in [3.05, 3.63) is 34.9 Å². The summed E-state index contributed by atoms with van der Waals surface area (Å²) in [5, 5.41) is 0. The Morgan fingerprint density at radius 2 is 1.39 bits per heavy atom. The van der Waals surface area contributed by atoms with Gasteiger partial charge in [-0.25, -0.2) is 0 Å². The first-order valence-electron chi connectivity index (χ1n) is 6.34. The normalized spacial score (nSPS) is 14.5. The van der Waals surface area contributed by atoms with Gasteiger partial charge in [0, 0.05) is 6.04 Å². The third kappa shape index (κ3) is 4.15. The van der Waals surface area contributed by atoms with Gasteiger partial charge in [-0.3, -0.25) is 4.79 Å². The molecule has 1 aromatic rings. The molecule has 130 valence electrons. The molecule has 0 aliphatic heterocycles. The van der Waals surface area contributed by atoms with Crippen molar-refractivity contribution in [2.75, 3.05) is 7.11 Å². The van der Waals surface area contributed by atoms with Crippen LogP contribution in [0.2, 0.25) is 0 Å². The standard InChI is InChI=1S/C14H15F6NO2/c1-12(2,11(22)23-3)10(21)7-4-8(13(15,16)17)6-9(5-7)14(18,19)20/h4-6,10H,21H2,1-3H3/t10-/m1/s1. The predicted octanol–water partition coefficient (Wildman–Crippen LogP) is 3.92. The Bertz CT molecular complexity index is 560. The summed E-state index contributed by atoms with van der Waals surface area (Å²) in [5.41, 5.74) is 0.795. The zero-order chi connectivity index (χ0) is 18.2. The summed E-state index contributed by atoms with van der Waals surface area (Å²) >= 11 is 0. The summed E-state index contributed by atoms with van der Waals surface area (Å²) in [6.45, 7) is 2.55. The number of rotatable bonds is 3. The Morgan fingerprint density at radius 1 is 1.00 bits per heavy atom. The molecule has 9 heteroatoms. The molecule has 0 fully saturated rings. The van der Waals surface area contributed by atoms with Gasteiger partial charge in [-0.1, -0.05) is 0 Å². The second-order valence-corrected chi connectivity index (χ2v) is 5.53. The molecule has 0 saturated carbocycles. The monoisotopic (exact) mass is 343 g/mol. The Morgan fingerprint density at radius 3 is 1.70 bits per heavy atom. The van der Waals surface area contributed by atoms with Gasteiger partial charge in [0.15, 0.2) is 0 Å². The van der Waals surface area contributed by atoms with Crippen LogP contribution in [0, 0.1) is 5.41 Å². The van der Waals surface area contributed by atoms with Crippen LogP contribution < -0.4 is 5.73 Å². The first-order valence-corrected chi connectivity index (χ1v) is 6.34. The Labute approximate surface area is 128 Å². The van der Waals surface area contributed by atoms with Gasteiger partial charge in [0.05, 0.1) is 23.7 Å². The summed E-state index contributed by atoms with van der Waals surface area (Å²) in [7, 11) is 1.05. The molecule has 0 heterocycles. The number of halogens is 6. The fourth-order valence-electron chi connectivity index (χ4n) is 1.97. The van der Waals surface area contributed by atoms with E-state index < -0.39 is 46.5 Å². The van der Waals surface area contributed by atoms with Gasteiger partial charge in [-0.2, -0.15) is 26.3 Å². The lowest BCUT2D eigenvalue weighted by atomic mass is 9.80. The van der Waals surface area contributed by atoms with Gasteiger partial charge in [0.1, 0.15) is 0 Å². The van der Waals surface area contributed by atoms with E-state index in [4.69, 9.17) is 5.73 Å². The molecule has 3 nitrogen and oxygen atoms in total. The van der Waals surface area contributed by atoms with E-state index in [1.807, 2.05) is 0 Å². The van der Waals surface area contributed by atoms with Gasteiger partial charge in [-0.15, -0.1) is 0 Å². The molecule has 0 saturated heterocycles. The van der Waals surface area contributed by atoms with Crippen molar-refractivity contribution in [3.8, 4) is 0 Å². The number of carbonyl (C=O) groups is 1. The molecule has 0 aliphatic rings. The highest BCUT2D eigenvalue weighted by Crippen LogP contribution is 2.40. The minimum absolute atomic E-state index is 0.00135. The smallest absolute Gasteiger partial charge is 0.416 e. The van der Waals surface area contributed by atoms with Crippen LogP contribution in [0.25, 0.3) is 0 Å². The van der Waals surface area contributed by atoms with Gasteiger partial charge in [0.25, 0.3) is 0 Å². The van der Waals surface area contributed by atoms with E-state index in [1.165, 1.54) is 13.8 Å². The Hall–Kier alpha value is -1.77. The van der Waals surface area contributed by atoms with Gasteiger partial charge in [-0.05, 0) is 37.6 Å². The summed E-state index contributed by atoms with van der Waals surface area (Å²) in [6, 6.07) is -0.408. The maximum Gasteiger partial charge on any atom is 0.416 e. The lowest BCUT2D eigenvalue weighted by Gasteiger charge is -2.29. The van der Waals surface area contributed by atoms with E-state index in [1.54, 1.807) is 0 Å². The second kappa shape index (κ2) is 6.03. The van der Waals surface area contributed by atoms with Crippen molar-refractivity contribution < 1.29 is 35.9 Å². The SMILES string of the molecule is COC(=O)C(C)(C)[C@H](N)c1cc(C(F)(F)F)cc(C(F)(F)F)c1. The topological polar surface area (TPSA) is 52.3 Å². The number of nitrogens with two attached hydrogens (primary N) is 1. The van der Waals surface area contributed by atoms with Gasteiger partial charge >= 0.3 is 18.3 Å². The molecule has 2 N–H and O–H groups in total. The fraction of sp³-hybridized carbons (Fsp3) is 0.500. The largest absolute Gasteiger partial charge is 0.469 e. The molecule has 0 bridgehead atoms. The van der Waals surface area contributed by atoms with Crippen LogP contribution in [0.15, 0.2) is 18.2 Å². The van der Waals surface area contributed by atoms with Crippen LogP contribution in [0.4, 0.5) is 26.3 Å². The highest BCUT2D eigenvalue weighted by molar-refractivity contribution is 5.77. The van der Waals surface area contributed by atoms with E-state index in [9.17, 15) is 31.1 Å². The van der Waals surface area contributed by atoms with Crippen molar-refractivity contribution >= 4 is 5.97 Å². The van der Waals surface area contributed by atoms with Crippen LogP contribution in [0.3, 0.4) is 0 Å². The van der Waals surface area contributed by atoms with Crippen LogP contribution in [-0.4, -0.2) is 13.1 Å². The van der Waals surface area contributed by atoms with E-state index in [2.05, 4.69) is 4.74 Å². The zero-order valence-corrected chi connectivity index (χ0v) is 12.5. The zero-order valence-electron chi connectivity index (χ0n) is 12.5. The molecule has 1 atom stereocenters. The molecule has 0 radical (unpaired) electrons. The third-order valence-electron chi connectivity index (χ3n) is 3.46. The number of esters is 1. The first-order chi connectivity index (χ1) is 10.2. The number of ether oxygens (including phenoxy) is 1. The molecule has 1 rings (SSSR count). The lowest BCUT2D eigenvalue weighted by molar-refractivity contribution is -0.152. The van der Waals surface area contributed by atoms with Crippen molar-refractivity contribution in [1.29, 1.82) is 0 Å². The van der Waals surface area contributed by atoms with Crippen LogP contribution in [-0.2, 0) is 21.9 Å². The number of hydrogen-bond donors (Lipinski definition) is 1. The van der Waals surface area contributed by atoms with E-state index in [-0.39, 0.29) is 6.07 Å². The molecule has 0 aromatic heterocycles. The van der Waals surface area contributed by atoms with E-state index >= 15 is 0 Å². The number of methoxy groups -OCH3 is 1. The van der Waals surface area contributed by atoms with E-state index in [0.717, 1.165) is 7.11 Å². The number of carbonyl (C=O) groups excluding carboxylic acids is 1. The average molecular weight is 343 g/mol. The summed E-state index contributed by atoms with van der Waals surface area (Å²) in [6.07, 6.45) is -9.96. The first kappa shape index (κ1) is 19.3. The average Bonchev–Trinajstić information content (AvgIpc) is 2.43. The molecule has 23 heavy (non-hydrogen) atoms. The Balaban J connectivity index is 3.49. The van der Waals surface area contributed by atoms with Gasteiger partial charge < -0.3 is 10.5 Å². The molecular formula is C14H15F6NO2. The minimum Gasteiger partial charge on any atom is -0.469 e. The number of benzene rings is 1. The molecule has 0 amide bonds. The third-order valence-corrected chi connectivity index (χ3v) is 3.46. The van der Waals surface area contributed by atoms with Gasteiger partial charge in [0.2, 0.25) is 0 Å². The minimum atomic E-state index is -4.98. The van der Waals surface area contributed by atoms with Crippen LogP contribution in [0.5, 0.6) is 0 Å². The maximum atomic E-state index is 12.8. The quantitative estimate of drug-likeness (QED) is 0.668. The fourth-order valence-corrected chi connectivity index (χ4v) is 1.97. The molecule has 0 unspecified atom stereocenters. The van der Waals surface area contributed by atoms with Crippen LogP contribution in [0.1, 0.15) is 36.6 Å².